The van der Waals surface area contributed by atoms with E-state index in [1.807, 2.05) is 12.3 Å². The lowest BCUT2D eigenvalue weighted by atomic mass is 10.1. The van der Waals surface area contributed by atoms with E-state index >= 15 is 0 Å². The quantitative estimate of drug-likeness (QED) is 0.867. The monoisotopic (exact) mass is 303 g/mol. The van der Waals surface area contributed by atoms with Crippen LogP contribution in [-0.2, 0) is 0 Å². The van der Waals surface area contributed by atoms with Crippen LogP contribution >= 0.6 is 0 Å². The van der Waals surface area contributed by atoms with Crippen LogP contribution in [0.15, 0.2) is 12.3 Å². The molecule has 0 spiro atoms. The Bertz CT molecular complexity index is 448. The Morgan fingerprint density at radius 3 is 2.50 bits per heavy atom. The van der Waals surface area contributed by atoms with Crippen molar-refractivity contribution in [2.24, 2.45) is 0 Å². The molecule has 1 saturated carbocycles. The van der Waals surface area contributed by atoms with E-state index in [4.69, 9.17) is 4.98 Å². The smallest absolute Gasteiger partial charge is 0.224 e. The highest BCUT2D eigenvalue weighted by atomic mass is 15.3. The van der Waals surface area contributed by atoms with Crippen LogP contribution in [0, 0.1) is 0 Å². The number of likely N-dealkylation sites (N-methyl/N-ethyl adjacent to an activating group) is 1. The van der Waals surface area contributed by atoms with Crippen molar-refractivity contribution in [3.05, 3.63) is 12.3 Å². The summed E-state index contributed by atoms with van der Waals surface area (Å²) in [6.07, 6.45) is 9.81. The number of hydrogen-bond acceptors (Lipinski definition) is 5. The number of aromatic nitrogens is 2. The molecule has 0 atom stereocenters. The van der Waals surface area contributed by atoms with Gasteiger partial charge in [-0.2, -0.15) is 4.98 Å². The summed E-state index contributed by atoms with van der Waals surface area (Å²) in [4.78, 5) is 14.1. The Morgan fingerprint density at radius 2 is 1.82 bits per heavy atom. The van der Waals surface area contributed by atoms with E-state index < -0.39 is 0 Å². The molecule has 122 valence electrons. The van der Waals surface area contributed by atoms with E-state index in [0.29, 0.717) is 6.04 Å². The van der Waals surface area contributed by atoms with E-state index in [9.17, 15) is 0 Å². The van der Waals surface area contributed by atoms with Gasteiger partial charge >= 0.3 is 0 Å². The van der Waals surface area contributed by atoms with Crippen LogP contribution in [0.5, 0.6) is 0 Å². The molecule has 1 saturated heterocycles. The van der Waals surface area contributed by atoms with Gasteiger partial charge in [-0.15, -0.1) is 0 Å². The summed E-state index contributed by atoms with van der Waals surface area (Å²) >= 11 is 0. The standard InChI is InChI=1S/C17H29N5/c1-2-21-11-13-22(14-12-21)16-9-10-18-17(20-16)19-15-7-5-3-4-6-8-15/h9-10,15H,2-8,11-14H2,1H3,(H,18,19,20). The summed E-state index contributed by atoms with van der Waals surface area (Å²) in [5.41, 5.74) is 0. The molecule has 1 aliphatic heterocycles. The maximum Gasteiger partial charge on any atom is 0.224 e. The Hall–Kier alpha value is -1.36. The summed E-state index contributed by atoms with van der Waals surface area (Å²) in [5.74, 6) is 1.88. The highest BCUT2D eigenvalue weighted by molar-refractivity contribution is 5.43. The molecule has 1 N–H and O–H groups in total. The second kappa shape index (κ2) is 7.77. The molecule has 0 bridgehead atoms. The summed E-state index contributed by atoms with van der Waals surface area (Å²) in [5, 5.41) is 3.56. The fourth-order valence-electron chi connectivity index (χ4n) is 3.49. The molecule has 2 heterocycles. The Kier molecular flexibility index (Phi) is 5.48. The minimum absolute atomic E-state index is 0.551. The van der Waals surface area contributed by atoms with E-state index in [1.54, 1.807) is 0 Å². The predicted octanol–water partition coefficient (Wildman–Crippen LogP) is 2.75. The number of hydrogen-bond donors (Lipinski definition) is 1. The summed E-state index contributed by atoms with van der Waals surface area (Å²) in [7, 11) is 0. The first-order valence-electron chi connectivity index (χ1n) is 8.92. The molecule has 22 heavy (non-hydrogen) atoms. The molecule has 2 fully saturated rings. The third-order valence-electron chi connectivity index (χ3n) is 4.97. The fraction of sp³-hybridized carbons (Fsp3) is 0.765. The largest absolute Gasteiger partial charge is 0.354 e. The lowest BCUT2D eigenvalue weighted by Gasteiger charge is -2.34. The predicted molar refractivity (Wildman–Crippen MR) is 91.5 cm³/mol. The van der Waals surface area contributed by atoms with Crippen molar-refractivity contribution in [2.75, 3.05) is 42.9 Å². The van der Waals surface area contributed by atoms with Crippen molar-refractivity contribution in [3.63, 3.8) is 0 Å². The van der Waals surface area contributed by atoms with Gasteiger partial charge in [0.05, 0.1) is 0 Å². The van der Waals surface area contributed by atoms with Gasteiger partial charge in [0, 0.05) is 38.4 Å². The fourth-order valence-corrected chi connectivity index (χ4v) is 3.49. The van der Waals surface area contributed by atoms with Crippen LogP contribution in [0.25, 0.3) is 0 Å². The molecule has 2 aliphatic rings. The zero-order chi connectivity index (χ0) is 15.2. The first-order chi connectivity index (χ1) is 10.8. The third-order valence-corrected chi connectivity index (χ3v) is 4.97. The molecule has 0 radical (unpaired) electrons. The van der Waals surface area contributed by atoms with Crippen molar-refractivity contribution in [3.8, 4) is 0 Å². The lowest BCUT2D eigenvalue weighted by molar-refractivity contribution is 0.270. The Balaban J connectivity index is 1.60. The SMILES string of the molecule is CCN1CCN(c2ccnc(NC3CCCCCC3)n2)CC1. The molecule has 1 aromatic heterocycles. The second-order valence-corrected chi connectivity index (χ2v) is 6.49. The van der Waals surface area contributed by atoms with Crippen LogP contribution < -0.4 is 10.2 Å². The minimum atomic E-state index is 0.551. The van der Waals surface area contributed by atoms with Gasteiger partial charge in [0.25, 0.3) is 0 Å². The molecule has 5 nitrogen and oxygen atoms in total. The molecule has 1 aliphatic carbocycles. The number of nitrogens with one attached hydrogen (secondary N) is 1. The van der Waals surface area contributed by atoms with Crippen molar-refractivity contribution >= 4 is 11.8 Å². The molecular formula is C17H29N5. The second-order valence-electron chi connectivity index (χ2n) is 6.49. The van der Waals surface area contributed by atoms with Gasteiger partial charge in [0.1, 0.15) is 5.82 Å². The average Bonchev–Trinajstić information content (AvgIpc) is 2.84. The van der Waals surface area contributed by atoms with Gasteiger partial charge in [-0.05, 0) is 25.5 Å². The maximum absolute atomic E-state index is 4.76. The number of piperazine rings is 1. The zero-order valence-corrected chi connectivity index (χ0v) is 13.8. The highest BCUT2D eigenvalue weighted by Crippen LogP contribution is 2.21. The van der Waals surface area contributed by atoms with Gasteiger partial charge in [0.2, 0.25) is 5.95 Å². The first kappa shape index (κ1) is 15.5. The van der Waals surface area contributed by atoms with Crippen LogP contribution in [-0.4, -0.2) is 53.6 Å². The highest BCUT2D eigenvalue weighted by Gasteiger charge is 2.18. The van der Waals surface area contributed by atoms with Crippen molar-refractivity contribution in [2.45, 2.75) is 51.5 Å². The first-order valence-corrected chi connectivity index (χ1v) is 8.92. The zero-order valence-electron chi connectivity index (χ0n) is 13.8. The Labute approximate surface area is 134 Å². The van der Waals surface area contributed by atoms with E-state index in [-0.39, 0.29) is 0 Å². The minimum Gasteiger partial charge on any atom is -0.354 e. The lowest BCUT2D eigenvalue weighted by Crippen LogP contribution is -2.46. The molecule has 1 aromatic rings. The summed E-state index contributed by atoms with van der Waals surface area (Å²) in [6, 6.07) is 2.59. The van der Waals surface area contributed by atoms with Crippen molar-refractivity contribution in [1.29, 1.82) is 0 Å². The topological polar surface area (TPSA) is 44.3 Å². The molecule has 3 rings (SSSR count). The van der Waals surface area contributed by atoms with Crippen LogP contribution in [0.2, 0.25) is 0 Å². The van der Waals surface area contributed by atoms with Crippen LogP contribution in [0.4, 0.5) is 11.8 Å². The molecular weight excluding hydrogens is 274 g/mol. The number of rotatable bonds is 4. The Morgan fingerprint density at radius 1 is 1.09 bits per heavy atom. The number of anilines is 2. The van der Waals surface area contributed by atoms with Crippen molar-refractivity contribution in [1.82, 2.24) is 14.9 Å². The average molecular weight is 303 g/mol. The number of nitrogens with zero attached hydrogens (tertiary/aromatic N) is 4. The van der Waals surface area contributed by atoms with E-state index in [2.05, 4.69) is 27.0 Å². The van der Waals surface area contributed by atoms with Crippen molar-refractivity contribution < 1.29 is 0 Å². The molecule has 0 unspecified atom stereocenters. The third kappa shape index (κ3) is 4.09. The van der Waals surface area contributed by atoms with Gasteiger partial charge in [-0.3, -0.25) is 0 Å². The van der Waals surface area contributed by atoms with Gasteiger partial charge < -0.3 is 15.1 Å². The van der Waals surface area contributed by atoms with Gasteiger partial charge in [-0.1, -0.05) is 32.6 Å². The summed E-state index contributed by atoms with van der Waals surface area (Å²) < 4.78 is 0. The molecule has 0 amide bonds. The van der Waals surface area contributed by atoms with Gasteiger partial charge in [-0.25, -0.2) is 4.98 Å². The normalized spacial score (nSPS) is 21.6. The molecule has 5 heteroatoms. The maximum atomic E-state index is 4.76. The van der Waals surface area contributed by atoms with Gasteiger partial charge in [0.15, 0.2) is 0 Å². The molecule has 0 aromatic carbocycles. The van der Waals surface area contributed by atoms with Crippen LogP contribution in [0.3, 0.4) is 0 Å². The van der Waals surface area contributed by atoms with E-state index in [0.717, 1.165) is 44.5 Å². The van der Waals surface area contributed by atoms with Crippen LogP contribution in [0.1, 0.15) is 45.4 Å². The summed E-state index contributed by atoms with van der Waals surface area (Å²) in [6.45, 7) is 7.76. The van der Waals surface area contributed by atoms with E-state index in [1.165, 1.54) is 38.5 Å².